The van der Waals surface area contributed by atoms with Gasteiger partial charge in [0, 0.05) is 18.0 Å². The zero-order valence-electron chi connectivity index (χ0n) is 13.0. The van der Waals surface area contributed by atoms with Gasteiger partial charge in [-0.3, -0.25) is 0 Å². The molecule has 1 aliphatic heterocycles. The van der Waals surface area contributed by atoms with Gasteiger partial charge in [0.05, 0.1) is 17.0 Å². The van der Waals surface area contributed by atoms with Gasteiger partial charge in [0.25, 0.3) is 0 Å². The Kier molecular flexibility index (Phi) is 4.60. The van der Waals surface area contributed by atoms with Crippen molar-refractivity contribution in [1.29, 1.82) is 5.26 Å². The van der Waals surface area contributed by atoms with E-state index in [1.54, 1.807) is 18.2 Å². The van der Waals surface area contributed by atoms with Gasteiger partial charge in [0.15, 0.2) is 0 Å². The summed E-state index contributed by atoms with van der Waals surface area (Å²) in [6, 6.07) is 7.55. The molecule has 1 N–H and O–H groups in total. The van der Waals surface area contributed by atoms with Crippen LogP contribution in [0.1, 0.15) is 45.6 Å². The highest BCUT2D eigenvalue weighted by Gasteiger charge is 2.44. The summed E-state index contributed by atoms with van der Waals surface area (Å²) in [5.41, 5.74) is 0.666. The van der Waals surface area contributed by atoms with Crippen molar-refractivity contribution in [1.82, 2.24) is 5.32 Å². The third-order valence-electron chi connectivity index (χ3n) is 4.16. The lowest BCUT2D eigenvalue weighted by molar-refractivity contribution is 0.302. The van der Waals surface area contributed by atoms with Crippen LogP contribution < -0.4 is 5.32 Å². The third kappa shape index (κ3) is 3.39. The average molecular weight is 309 g/mol. The Bertz CT molecular complexity index is 559. The largest absolute Gasteiger partial charge is 0.309 e. The fraction of sp³-hybridized carbons (Fsp3) is 0.588. The topological polar surface area (TPSA) is 35.8 Å². The number of nitriles is 1. The van der Waals surface area contributed by atoms with Crippen LogP contribution in [-0.2, 0) is 0 Å². The molecule has 1 aromatic rings. The number of rotatable bonds is 2. The van der Waals surface area contributed by atoms with E-state index >= 15 is 0 Å². The molecule has 0 saturated carbocycles. The number of nitrogens with zero attached hydrogens (tertiary/aromatic N) is 1. The molecule has 2 rings (SSSR count). The fourth-order valence-electron chi connectivity index (χ4n) is 3.36. The van der Waals surface area contributed by atoms with Gasteiger partial charge in [-0.1, -0.05) is 44.5 Å². The van der Waals surface area contributed by atoms with Gasteiger partial charge >= 0.3 is 0 Å². The predicted molar refractivity (Wildman–Crippen MR) is 83.7 cm³/mol. The Morgan fingerprint density at radius 2 is 2.05 bits per heavy atom. The van der Waals surface area contributed by atoms with Crippen molar-refractivity contribution in [3.05, 3.63) is 34.6 Å². The smallest absolute Gasteiger partial charge is 0.145 e. The van der Waals surface area contributed by atoms with Gasteiger partial charge in [0.2, 0.25) is 0 Å². The molecule has 0 aromatic heterocycles. The SMILES string of the molecule is C[C@@H]1NC(CC(C)(C)C)C(C#N)C1c1cccc(Cl)c1F. The van der Waals surface area contributed by atoms with Gasteiger partial charge in [-0.05, 0) is 30.4 Å². The maximum atomic E-state index is 14.3. The molecule has 3 unspecified atom stereocenters. The Morgan fingerprint density at radius 1 is 1.38 bits per heavy atom. The van der Waals surface area contributed by atoms with Gasteiger partial charge in [-0.2, -0.15) is 5.26 Å². The molecule has 21 heavy (non-hydrogen) atoms. The monoisotopic (exact) mass is 308 g/mol. The summed E-state index contributed by atoms with van der Waals surface area (Å²) in [7, 11) is 0. The quantitative estimate of drug-likeness (QED) is 0.873. The summed E-state index contributed by atoms with van der Waals surface area (Å²) in [6.45, 7) is 8.47. The van der Waals surface area contributed by atoms with Crippen LogP contribution in [0.3, 0.4) is 0 Å². The van der Waals surface area contributed by atoms with Crippen LogP contribution in [0.5, 0.6) is 0 Å². The number of hydrogen-bond donors (Lipinski definition) is 1. The van der Waals surface area contributed by atoms with Crippen LogP contribution in [-0.4, -0.2) is 12.1 Å². The lowest BCUT2D eigenvalue weighted by Crippen LogP contribution is -2.33. The minimum absolute atomic E-state index is 0.0509. The minimum Gasteiger partial charge on any atom is -0.309 e. The maximum absolute atomic E-state index is 14.3. The van der Waals surface area contributed by atoms with E-state index in [2.05, 4.69) is 32.2 Å². The summed E-state index contributed by atoms with van der Waals surface area (Å²) in [5, 5.41) is 13.2. The first-order valence-corrected chi connectivity index (χ1v) is 7.72. The average Bonchev–Trinajstić information content (AvgIpc) is 2.66. The second kappa shape index (κ2) is 5.94. The zero-order chi connectivity index (χ0) is 15.8. The lowest BCUT2D eigenvalue weighted by Gasteiger charge is -2.25. The molecule has 0 aliphatic carbocycles. The van der Waals surface area contributed by atoms with E-state index in [9.17, 15) is 9.65 Å². The van der Waals surface area contributed by atoms with E-state index < -0.39 is 5.82 Å². The second-order valence-electron chi connectivity index (χ2n) is 7.15. The van der Waals surface area contributed by atoms with Crippen LogP contribution in [0.25, 0.3) is 0 Å². The van der Waals surface area contributed by atoms with Crippen molar-refractivity contribution in [3.8, 4) is 6.07 Å². The molecular weight excluding hydrogens is 287 g/mol. The van der Waals surface area contributed by atoms with Crippen molar-refractivity contribution in [2.24, 2.45) is 11.3 Å². The molecular formula is C17H22ClFN2. The molecule has 0 spiro atoms. The zero-order valence-corrected chi connectivity index (χ0v) is 13.7. The standard InChI is InChI=1S/C17H22ClFN2/c1-10-15(11-6-5-7-13(18)16(11)19)12(9-20)14(21-10)8-17(2,3)4/h5-7,10,12,14-15,21H,8H2,1-4H3/t10-,12?,14?,15?/m0/s1. The Morgan fingerprint density at radius 3 is 2.62 bits per heavy atom. The van der Waals surface area contributed by atoms with Crippen LogP contribution in [0.4, 0.5) is 4.39 Å². The molecule has 0 amide bonds. The second-order valence-corrected chi connectivity index (χ2v) is 7.56. The molecule has 114 valence electrons. The van der Waals surface area contributed by atoms with E-state index in [0.717, 1.165) is 6.42 Å². The maximum Gasteiger partial charge on any atom is 0.145 e. The van der Waals surface area contributed by atoms with Crippen LogP contribution in [0.2, 0.25) is 5.02 Å². The van der Waals surface area contributed by atoms with Gasteiger partial charge in [-0.25, -0.2) is 4.39 Å². The molecule has 0 radical (unpaired) electrons. The molecule has 1 fully saturated rings. The van der Waals surface area contributed by atoms with Crippen molar-refractivity contribution >= 4 is 11.6 Å². The first kappa shape index (κ1) is 16.3. The fourth-order valence-corrected chi connectivity index (χ4v) is 3.54. The van der Waals surface area contributed by atoms with Crippen molar-refractivity contribution in [3.63, 3.8) is 0 Å². The summed E-state index contributed by atoms with van der Waals surface area (Å²) >= 11 is 5.90. The van der Waals surface area contributed by atoms with Crippen molar-refractivity contribution in [2.45, 2.75) is 52.1 Å². The highest BCUT2D eigenvalue weighted by atomic mass is 35.5. The first-order chi connectivity index (χ1) is 9.74. The van der Waals surface area contributed by atoms with Gasteiger partial charge < -0.3 is 5.32 Å². The number of halogens is 2. The summed E-state index contributed by atoms with van der Waals surface area (Å²) in [4.78, 5) is 0. The highest BCUT2D eigenvalue weighted by Crippen LogP contribution is 2.41. The highest BCUT2D eigenvalue weighted by molar-refractivity contribution is 6.30. The van der Waals surface area contributed by atoms with Crippen molar-refractivity contribution < 1.29 is 4.39 Å². The van der Waals surface area contributed by atoms with E-state index in [4.69, 9.17) is 11.6 Å². The molecule has 1 heterocycles. The number of hydrogen-bond acceptors (Lipinski definition) is 2. The van der Waals surface area contributed by atoms with E-state index in [1.165, 1.54) is 0 Å². The lowest BCUT2D eigenvalue weighted by atomic mass is 9.78. The first-order valence-electron chi connectivity index (χ1n) is 7.34. The van der Waals surface area contributed by atoms with Crippen LogP contribution in [0.15, 0.2) is 18.2 Å². The van der Waals surface area contributed by atoms with Crippen LogP contribution in [0, 0.1) is 28.5 Å². The van der Waals surface area contributed by atoms with Gasteiger partial charge in [-0.15, -0.1) is 0 Å². The molecule has 1 aromatic carbocycles. The molecule has 1 aliphatic rings. The van der Waals surface area contributed by atoms with E-state index in [0.29, 0.717) is 5.56 Å². The van der Waals surface area contributed by atoms with Gasteiger partial charge in [0.1, 0.15) is 5.82 Å². The summed E-state index contributed by atoms with van der Waals surface area (Å²) in [5.74, 6) is -0.803. The normalized spacial score (nSPS) is 29.4. The third-order valence-corrected chi connectivity index (χ3v) is 4.45. The Balaban J connectivity index is 2.35. The molecule has 4 atom stereocenters. The molecule has 1 saturated heterocycles. The summed E-state index contributed by atoms with van der Waals surface area (Å²) in [6.07, 6.45) is 0.883. The molecule has 4 heteroatoms. The minimum atomic E-state index is -0.394. The molecule has 0 bridgehead atoms. The summed E-state index contributed by atoms with van der Waals surface area (Å²) < 4.78 is 14.3. The van der Waals surface area contributed by atoms with E-state index in [1.807, 2.05) is 6.92 Å². The molecule has 2 nitrogen and oxygen atoms in total. The van der Waals surface area contributed by atoms with Crippen LogP contribution >= 0.6 is 11.6 Å². The number of nitrogens with one attached hydrogen (secondary N) is 1. The predicted octanol–water partition coefficient (Wildman–Crippen LogP) is 4.50. The Labute approximate surface area is 131 Å². The van der Waals surface area contributed by atoms with Crippen molar-refractivity contribution in [2.75, 3.05) is 0 Å². The Hall–Kier alpha value is -1.11. The number of benzene rings is 1. The van der Waals surface area contributed by atoms with E-state index in [-0.39, 0.29) is 34.4 Å².